The van der Waals surface area contributed by atoms with Crippen molar-refractivity contribution in [2.45, 2.75) is 13.3 Å². The number of furan rings is 1. The minimum absolute atomic E-state index is 0.265. The SMILES string of the molecule is C=CCc1c(C)nc(-c2ccco2)nc1Nc1ccc2cc(C(=O)O)ccc2c1. The maximum absolute atomic E-state index is 11.2. The van der Waals surface area contributed by atoms with Crippen molar-refractivity contribution in [3.05, 3.63) is 84.3 Å². The third-order valence-electron chi connectivity index (χ3n) is 4.65. The van der Waals surface area contributed by atoms with Crippen LogP contribution >= 0.6 is 0 Å². The Morgan fingerprint density at radius 3 is 2.69 bits per heavy atom. The number of carboxylic acid groups (broad SMARTS) is 1. The molecule has 2 aromatic carbocycles. The molecule has 2 aromatic heterocycles. The summed E-state index contributed by atoms with van der Waals surface area (Å²) in [5.41, 5.74) is 2.91. The zero-order valence-corrected chi connectivity index (χ0v) is 15.8. The van der Waals surface area contributed by atoms with Gasteiger partial charge in [0.05, 0.1) is 11.8 Å². The molecule has 0 spiro atoms. The van der Waals surface area contributed by atoms with E-state index in [9.17, 15) is 4.79 Å². The van der Waals surface area contributed by atoms with Gasteiger partial charge in [-0.1, -0.05) is 18.2 Å². The van der Waals surface area contributed by atoms with Gasteiger partial charge in [0.1, 0.15) is 5.82 Å². The smallest absolute Gasteiger partial charge is 0.335 e. The van der Waals surface area contributed by atoms with Crippen molar-refractivity contribution in [3.8, 4) is 11.6 Å². The van der Waals surface area contributed by atoms with Crippen LogP contribution in [0, 0.1) is 6.92 Å². The van der Waals surface area contributed by atoms with Crippen molar-refractivity contribution in [1.29, 1.82) is 0 Å². The Balaban J connectivity index is 1.75. The molecule has 0 atom stereocenters. The van der Waals surface area contributed by atoms with Gasteiger partial charge in [0.2, 0.25) is 0 Å². The van der Waals surface area contributed by atoms with Crippen molar-refractivity contribution in [1.82, 2.24) is 9.97 Å². The number of aromatic carboxylic acids is 1. The molecule has 6 nitrogen and oxygen atoms in total. The van der Waals surface area contributed by atoms with Crippen molar-refractivity contribution >= 4 is 28.2 Å². The number of hydrogen-bond acceptors (Lipinski definition) is 5. The topological polar surface area (TPSA) is 88.3 Å². The Morgan fingerprint density at radius 2 is 1.97 bits per heavy atom. The molecule has 144 valence electrons. The van der Waals surface area contributed by atoms with Gasteiger partial charge in [-0.25, -0.2) is 14.8 Å². The molecule has 0 aliphatic carbocycles. The van der Waals surface area contributed by atoms with E-state index in [2.05, 4.69) is 21.9 Å². The Kier molecular flexibility index (Phi) is 4.83. The van der Waals surface area contributed by atoms with Crippen molar-refractivity contribution in [2.75, 3.05) is 5.32 Å². The third kappa shape index (κ3) is 3.73. The largest absolute Gasteiger partial charge is 0.478 e. The normalized spacial score (nSPS) is 10.8. The number of allylic oxidation sites excluding steroid dienone is 1. The molecule has 0 radical (unpaired) electrons. The van der Waals surface area contributed by atoms with E-state index in [1.807, 2.05) is 37.3 Å². The summed E-state index contributed by atoms with van der Waals surface area (Å²) in [6.45, 7) is 5.77. The number of rotatable bonds is 6. The lowest BCUT2D eigenvalue weighted by Crippen LogP contribution is -2.05. The second-order valence-electron chi connectivity index (χ2n) is 6.64. The number of carboxylic acids is 1. The lowest BCUT2D eigenvalue weighted by atomic mass is 10.1. The van der Waals surface area contributed by atoms with Crippen molar-refractivity contribution < 1.29 is 14.3 Å². The van der Waals surface area contributed by atoms with Crippen molar-refractivity contribution in [3.63, 3.8) is 0 Å². The van der Waals surface area contributed by atoms with Gasteiger partial charge in [-0.2, -0.15) is 0 Å². The molecule has 4 aromatic rings. The van der Waals surface area contributed by atoms with E-state index in [-0.39, 0.29) is 5.56 Å². The summed E-state index contributed by atoms with van der Waals surface area (Å²) in [5.74, 6) is 0.853. The molecule has 0 bridgehead atoms. The van der Waals surface area contributed by atoms with Gasteiger partial charge in [0.25, 0.3) is 0 Å². The van der Waals surface area contributed by atoms with Crippen LogP contribution in [0.25, 0.3) is 22.4 Å². The highest BCUT2D eigenvalue weighted by Gasteiger charge is 2.14. The predicted molar refractivity (Wildman–Crippen MR) is 113 cm³/mol. The quantitative estimate of drug-likeness (QED) is 0.434. The number of carbonyl (C=O) groups is 1. The molecule has 4 rings (SSSR count). The molecule has 0 saturated carbocycles. The zero-order chi connectivity index (χ0) is 20.4. The summed E-state index contributed by atoms with van der Waals surface area (Å²) >= 11 is 0. The highest BCUT2D eigenvalue weighted by Crippen LogP contribution is 2.28. The fraction of sp³-hybridized carbons (Fsp3) is 0.0870. The summed E-state index contributed by atoms with van der Waals surface area (Å²) in [6.07, 6.45) is 4.03. The fourth-order valence-electron chi connectivity index (χ4n) is 3.20. The monoisotopic (exact) mass is 385 g/mol. The standard InChI is InChI=1S/C23H19N3O3/c1-3-5-19-14(2)24-22(20-6-4-11-29-20)26-21(19)25-18-10-9-15-12-17(23(27)28)8-7-16(15)13-18/h3-4,6-13H,1,5H2,2H3,(H,27,28)(H,24,25,26). The Bertz CT molecular complexity index is 1210. The number of hydrogen-bond donors (Lipinski definition) is 2. The summed E-state index contributed by atoms with van der Waals surface area (Å²) < 4.78 is 5.45. The molecule has 0 aliphatic heterocycles. The van der Waals surface area contributed by atoms with E-state index in [4.69, 9.17) is 9.52 Å². The average Bonchev–Trinajstić information content (AvgIpc) is 3.25. The van der Waals surface area contributed by atoms with Crippen LogP contribution in [0.2, 0.25) is 0 Å². The van der Waals surface area contributed by atoms with Gasteiger partial charge in [-0.05, 0) is 60.5 Å². The molecular formula is C23H19N3O3. The van der Waals surface area contributed by atoms with Crippen LogP contribution < -0.4 is 5.32 Å². The fourth-order valence-corrected chi connectivity index (χ4v) is 3.20. The molecule has 0 saturated heterocycles. The van der Waals surface area contributed by atoms with E-state index >= 15 is 0 Å². The zero-order valence-electron chi connectivity index (χ0n) is 15.8. The van der Waals surface area contributed by atoms with Crippen LogP contribution in [-0.2, 0) is 6.42 Å². The Labute approximate surface area is 167 Å². The van der Waals surface area contributed by atoms with Crippen LogP contribution in [-0.4, -0.2) is 21.0 Å². The van der Waals surface area contributed by atoms with E-state index in [0.29, 0.717) is 23.8 Å². The molecule has 6 heteroatoms. The van der Waals surface area contributed by atoms with Gasteiger partial charge in [-0.3, -0.25) is 0 Å². The summed E-state index contributed by atoms with van der Waals surface area (Å²) in [5, 5.41) is 14.3. The first-order valence-corrected chi connectivity index (χ1v) is 9.11. The van der Waals surface area contributed by atoms with Gasteiger partial charge in [0, 0.05) is 16.9 Å². The summed E-state index contributed by atoms with van der Waals surface area (Å²) in [6, 6.07) is 14.4. The van der Waals surface area contributed by atoms with E-state index < -0.39 is 5.97 Å². The lowest BCUT2D eigenvalue weighted by molar-refractivity contribution is 0.0697. The van der Waals surface area contributed by atoms with E-state index in [1.165, 1.54) is 0 Å². The second-order valence-corrected chi connectivity index (χ2v) is 6.64. The van der Waals surface area contributed by atoms with E-state index in [0.717, 1.165) is 27.7 Å². The third-order valence-corrected chi connectivity index (χ3v) is 4.65. The number of benzene rings is 2. The van der Waals surface area contributed by atoms with Crippen LogP contribution in [0.15, 0.2) is 71.9 Å². The highest BCUT2D eigenvalue weighted by molar-refractivity contribution is 5.95. The number of nitrogens with zero attached hydrogens (tertiary/aromatic N) is 2. The highest BCUT2D eigenvalue weighted by atomic mass is 16.4. The van der Waals surface area contributed by atoms with Gasteiger partial charge in [-0.15, -0.1) is 6.58 Å². The van der Waals surface area contributed by atoms with Crippen LogP contribution in [0.4, 0.5) is 11.5 Å². The molecule has 0 aliphatic rings. The van der Waals surface area contributed by atoms with E-state index in [1.54, 1.807) is 30.5 Å². The van der Waals surface area contributed by atoms with Gasteiger partial charge >= 0.3 is 5.97 Å². The first kappa shape index (κ1) is 18.4. The second kappa shape index (κ2) is 7.59. The molecule has 0 unspecified atom stereocenters. The average molecular weight is 385 g/mol. The molecule has 0 fully saturated rings. The van der Waals surface area contributed by atoms with Crippen LogP contribution in [0.5, 0.6) is 0 Å². The molecule has 2 N–H and O–H groups in total. The number of anilines is 2. The first-order chi connectivity index (χ1) is 14.0. The number of aryl methyl sites for hydroxylation is 1. The van der Waals surface area contributed by atoms with Crippen LogP contribution in [0.3, 0.4) is 0 Å². The Morgan fingerprint density at radius 1 is 1.17 bits per heavy atom. The minimum Gasteiger partial charge on any atom is -0.478 e. The molecule has 0 amide bonds. The van der Waals surface area contributed by atoms with Crippen molar-refractivity contribution in [2.24, 2.45) is 0 Å². The maximum atomic E-state index is 11.2. The Hall–Kier alpha value is -3.93. The lowest BCUT2D eigenvalue weighted by Gasteiger charge is -2.14. The molecule has 2 heterocycles. The minimum atomic E-state index is -0.940. The number of fused-ring (bicyclic) bond motifs is 1. The summed E-state index contributed by atoms with van der Waals surface area (Å²) in [7, 11) is 0. The van der Waals surface area contributed by atoms with Gasteiger partial charge < -0.3 is 14.8 Å². The molecule has 29 heavy (non-hydrogen) atoms. The predicted octanol–water partition coefficient (Wildman–Crippen LogP) is 5.37. The van der Waals surface area contributed by atoms with Gasteiger partial charge in [0.15, 0.2) is 11.6 Å². The maximum Gasteiger partial charge on any atom is 0.335 e. The molecular weight excluding hydrogens is 366 g/mol. The summed E-state index contributed by atoms with van der Waals surface area (Å²) in [4.78, 5) is 20.4. The first-order valence-electron chi connectivity index (χ1n) is 9.11. The van der Waals surface area contributed by atoms with Crippen LogP contribution in [0.1, 0.15) is 21.6 Å². The number of nitrogens with one attached hydrogen (secondary N) is 1. The number of aromatic nitrogens is 2.